The summed E-state index contributed by atoms with van der Waals surface area (Å²) in [5, 5.41) is 0.702. The highest BCUT2D eigenvalue weighted by Gasteiger charge is 2.33. The summed E-state index contributed by atoms with van der Waals surface area (Å²) in [6.45, 7) is 7.28. The number of carbonyl (C=O) groups excluding carboxylic acids is 1. The molecule has 8 heteroatoms. The summed E-state index contributed by atoms with van der Waals surface area (Å²) < 4.78 is 44.3. The summed E-state index contributed by atoms with van der Waals surface area (Å²) in [6.07, 6.45) is 1.74. The van der Waals surface area contributed by atoms with Crippen molar-refractivity contribution in [3.8, 4) is 11.1 Å². The molecule has 0 amide bonds. The monoisotopic (exact) mass is 432 g/mol. The smallest absolute Gasteiger partial charge is 0.419 e. The van der Waals surface area contributed by atoms with Crippen LogP contribution in [0.5, 0.6) is 0 Å². The van der Waals surface area contributed by atoms with Crippen LogP contribution in [0, 0.1) is 5.82 Å². The highest BCUT2D eigenvalue weighted by atomic mass is 32.3. The summed E-state index contributed by atoms with van der Waals surface area (Å²) in [5.74, 6) is -0.449. The number of nitrogens with zero attached hydrogens (tertiary/aromatic N) is 1. The van der Waals surface area contributed by atoms with Crippen molar-refractivity contribution < 1.29 is 23.0 Å². The van der Waals surface area contributed by atoms with Gasteiger partial charge in [-0.3, -0.25) is 13.7 Å². The number of nitrogens with one attached hydrogen (secondary N) is 1. The molecule has 2 heterocycles. The van der Waals surface area contributed by atoms with E-state index in [0.29, 0.717) is 22.2 Å². The molecule has 1 aliphatic heterocycles. The molecule has 0 fully saturated rings. The van der Waals surface area contributed by atoms with Crippen LogP contribution in [0.2, 0.25) is 0 Å². The standard InChI is InChI=1S/C22H25FN2O4S/c1-5-18-16-10-13(6-9-20(16)30(27,28)24-18)17-12-25(21(26)29-22(2,3)4)19-11-14(23)7-8-15(17)19/h6-12,18,24,27-28H,5H2,1-4H3. The van der Waals surface area contributed by atoms with Gasteiger partial charge in [0.05, 0.1) is 16.5 Å². The Labute approximate surface area is 176 Å². The Hall–Kier alpha value is -2.39. The Kier molecular flexibility index (Phi) is 4.93. The molecule has 6 nitrogen and oxygen atoms in total. The first-order chi connectivity index (χ1) is 14.0. The maximum absolute atomic E-state index is 14.0. The molecular formula is C22H25FN2O4S. The molecule has 0 radical (unpaired) electrons. The van der Waals surface area contributed by atoms with Crippen molar-refractivity contribution in [2.75, 3.05) is 0 Å². The molecule has 1 atom stereocenters. The van der Waals surface area contributed by atoms with Gasteiger partial charge in [0.1, 0.15) is 11.4 Å². The lowest BCUT2D eigenvalue weighted by Crippen LogP contribution is -2.26. The van der Waals surface area contributed by atoms with Crippen molar-refractivity contribution >= 4 is 27.8 Å². The summed E-state index contributed by atoms with van der Waals surface area (Å²) in [7, 11) is -3.02. The van der Waals surface area contributed by atoms with E-state index in [0.717, 1.165) is 16.7 Å². The van der Waals surface area contributed by atoms with E-state index in [-0.39, 0.29) is 6.04 Å². The van der Waals surface area contributed by atoms with Gasteiger partial charge in [0.25, 0.3) is 0 Å². The van der Waals surface area contributed by atoms with Gasteiger partial charge >= 0.3 is 6.09 Å². The van der Waals surface area contributed by atoms with Crippen LogP contribution in [-0.4, -0.2) is 25.4 Å². The molecule has 1 unspecified atom stereocenters. The van der Waals surface area contributed by atoms with Gasteiger partial charge in [-0.25, -0.2) is 13.9 Å². The molecule has 160 valence electrons. The second kappa shape index (κ2) is 7.09. The first-order valence-electron chi connectivity index (χ1n) is 9.74. The number of rotatable bonds is 2. The summed E-state index contributed by atoms with van der Waals surface area (Å²) in [6, 6.07) is 9.50. The lowest BCUT2D eigenvalue weighted by molar-refractivity contribution is 0.0544. The number of halogens is 1. The van der Waals surface area contributed by atoms with Crippen molar-refractivity contribution in [3.05, 3.63) is 54.0 Å². The van der Waals surface area contributed by atoms with E-state index in [1.807, 2.05) is 13.0 Å². The van der Waals surface area contributed by atoms with Crippen LogP contribution in [0.1, 0.15) is 45.7 Å². The fourth-order valence-electron chi connectivity index (χ4n) is 3.77. The first kappa shape index (κ1) is 20.9. The van der Waals surface area contributed by atoms with E-state index in [9.17, 15) is 18.3 Å². The van der Waals surface area contributed by atoms with Crippen LogP contribution >= 0.6 is 10.8 Å². The van der Waals surface area contributed by atoms with E-state index in [4.69, 9.17) is 4.74 Å². The SMILES string of the molecule is CCC1NS(O)(O)c2ccc(-c3cn(C(=O)OC(C)(C)C)c4cc(F)ccc34)cc21. The molecule has 0 aliphatic carbocycles. The number of benzene rings is 2. The number of hydrogen-bond acceptors (Lipinski definition) is 5. The number of aromatic nitrogens is 1. The molecule has 30 heavy (non-hydrogen) atoms. The third-order valence-electron chi connectivity index (χ3n) is 5.08. The molecule has 2 aromatic carbocycles. The van der Waals surface area contributed by atoms with Crippen molar-refractivity contribution in [1.29, 1.82) is 0 Å². The maximum Gasteiger partial charge on any atom is 0.419 e. The van der Waals surface area contributed by atoms with Gasteiger partial charge in [-0.2, -0.15) is 0 Å². The topological polar surface area (TPSA) is 83.7 Å². The van der Waals surface area contributed by atoms with Gasteiger partial charge in [0.2, 0.25) is 0 Å². The number of ether oxygens (including phenoxy) is 1. The molecule has 3 aromatic rings. The minimum absolute atomic E-state index is 0.179. The van der Waals surface area contributed by atoms with Crippen LogP contribution in [0.25, 0.3) is 22.0 Å². The van der Waals surface area contributed by atoms with E-state index < -0.39 is 28.3 Å². The molecule has 4 rings (SSSR count). The average molecular weight is 433 g/mol. The number of hydrogen-bond donors (Lipinski definition) is 3. The van der Waals surface area contributed by atoms with Crippen LogP contribution < -0.4 is 4.72 Å². The molecule has 1 aromatic heterocycles. The molecule has 0 spiro atoms. The van der Waals surface area contributed by atoms with Gasteiger partial charge in [-0.1, -0.05) is 13.0 Å². The minimum atomic E-state index is -3.02. The third-order valence-corrected chi connectivity index (χ3v) is 6.67. The highest BCUT2D eigenvalue weighted by molar-refractivity contribution is 8.22. The van der Waals surface area contributed by atoms with Crippen LogP contribution in [-0.2, 0) is 4.74 Å². The summed E-state index contributed by atoms with van der Waals surface area (Å²) in [5.41, 5.74) is 2.06. The summed E-state index contributed by atoms with van der Waals surface area (Å²) in [4.78, 5) is 13.2. The van der Waals surface area contributed by atoms with Crippen LogP contribution in [0.15, 0.2) is 47.5 Å². The number of carbonyl (C=O) groups is 1. The van der Waals surface area contributed by atoms with Crippen molar-refractivity contribution in [3.63, 3.8) is 0 Å². The Morgan fingerprint density at radius 3 is 2.63 bits per heavy atom. The Morgan fingerprint density at radius 1 is 1.23 bits per heavy atom. The van der Waals surface area contributed by atoms with Crippen molar-refractivity contribution in [2.45, 2.75) is 50.7 Å². The molecule has 0 bridgehead atoms. The minimum Gasteiger partial charge on any atom is -0.443 e. The van der Waals surface area contributed by atoms with Crippen LogP contribution in [0.3, 0.4) is 0 Å². The first-order valence-corrected chi connectivity index (χ1v) is 11.3. The van der Waals surface area contributed by atoms with Gasteiger partial charge in [-0.05, 0) is 68.7 Å². The van der Waals surface area contributed by atoms with E-state index in [1.54, 1.807) is 45.2 Å². The fourth-order valence-corrected chi connectivity index (χ4v) is 5.37. The maximum atomic E-state index is 14.0. The lowest BCUT2D eigenvalue weighted by atomic mass is 9.98. The molecule has 3 N–H and O–H groups in total. The van der Waals surface area contributed by atoms with Gasteiger partial charge in [0.15, 0.2) is 0 Å². The zero-order valence-electron chi connectivity index (χ0n) is 17.3. The number of fused-ring (bicyclic) bond motifs is 2. The Balaban J connectivity index is 1.88. The highest BCUT2D eigenvalue weighted by Crippen LogP contribution is 2.56. The molecular weight excluding hydrogens is 407 g/mol. The molecule has 0 saturated carbocycles. The largest absolute Gasteiger partial charge is 0.443 e. The zero-order chi connectivity index (χ0) is 21.8. The Bertz CT molecular complexity index is 1150. The summed E-state index contributed by atoms with van der Waals surface area (Å²) >= 11 is 0. The lowest BCUT2D eigenvalue weighted by Gasteiger charge is -2.28. The molecule has 0 saturated heterocycles. The van der Waals surface area contributed by atoms with Crippen molar-refractivity contribution in [1.82, 2.24) is 9.29 Å². The average Bonchev–Trinajstić information content (AvgIpc) is 3.14. The fraction of sp³-hybridized carbons (Fsp3) is 0.318. The van der Waals surface area contributed by atoms with Gasteiger partial charge < -0.3 is 4.74 Å². The second-order valence-corrected chi connectivity index (χ2v) is 10.2. The zero-order valence-corrected chi connectivity index (χ0v) is 18.1. The Morgan fingerprint density at radius 2 is 1.97 bits per heavy atom. The second-order valence-electron chi connectivity index (χ2n) is 8.43. The van der Waals surface area contributed by atoms with Crippen LogP contribution in [0.4, 0.5) is 9.18 Å². The van der Waals surface area contributed by atoms with Gasteiger partial charge in [0, 0.05) is 17.1 Å². The van der Waals surface area contributed by atoms with Gasteiger partial charge in [-0.15, -0.1) is 10.8 Å². The predicted octanol–water partition coefficient (Wildman–Crippen LogP) is 6.31. The normalized spacial score (nSPS) is 19.0. The quantitative estimate of drug-likeness (QED) is 0.442. The third kappa shape index (κ3) is 3.60. The molecule has 1 aliphatic rings. The predicted molar refractivity (Wildman–Crippen MR) is 116 cm³/mol. The van der Waals surface area contributed by atoms with E-state index in [2.05, 4.69) is 4.72 Å². The van der Waals surface area contributed by atoms with Crippen molar-refractivity contribution in [2.24, 2.45) is 0 Å². The van der Waals surface area contributed by atoms with E-state index in [1.165, 1.54) is 16.7 Å². The van der Waals surface area contributed by atoms with E-state index >= 15 is 0 Å².